The Morgan fingerprint density at radius 1 is 1.25 bits per heavy atom. The van der Waals surface area contributed by atoms with Crippen LogP contribution in [0.25, 0.3) is 0 Å². The van der Waals surface area contributed by atoms with Crippen molar-refractivity contribution in [3.63, 3.8) is 0 Å². The highest BCUT2D eigenvalue weighted by molar-refractivity contribution is 5.76. The van der Waals surface area contributed by atoms with Gasteiger partial charge in [-0.15, -0.1) is 0 Å². The van der Waals surface area contributed by atoms with Crippen molar-refractivity contribution in [1.82, 2.24) is 20.1 Å². The number of carbonyl (C=O) groups excluding carboxylic acids is 1. The Morgan fingerprint density at radius 2 is 2.00 bits per heavy atom. The lowest BCUT2D eigenvalue weighted by atomic mass is 10.1. The van der Waals surface area contributed by atoms with Crippen molar-refractivity contribution >= 4 is 5.91 Å². The molecular weight excluding hydrogens is 300 g/mol. The van der Waals surface area contributed by atoms with Crippen molar-refractivity contribution in [2.24, 2.45) is 5.92 Å². The average molecular weight is 328 g/mol. The summed E-state index contributed by atoms with van der Waals surface area (Å²) in [5, 5.41) is 7.55. The maximum atomic E-state index is 12.1. The van der Waals surface area contributed by atoms with Gasteiger partial charge in [-0.3, -0.25) is 14.5 Å². The fraction of sp³-hybridized carbons (Fsp3) is 0.526. The first-order chi connectivity index (χ1) is 11.4. The van der Waals surface area contributed by atoms with Gasteiger partial charge < -0.3 is 5.32 Å². The van der Waals surface area contributed by atoms with E-state index in [2.05, 4.69) is 40.9 Å². The molecule has 2 rings (SSSR count). The minimum atomic E-state index is 0.0497. The van der Waals surface area contributed by atoms with Crippen molar-refractivity contribution in [3.8, 4) is 0 Å². The zero-order valence-electron chi connectivity index (χ0n) is 15.4. The van der Waals surface area contributed by atoms with Crippen LogP contribution >= 0.6 is 0 Å². The molecule has 1 amide bonds. The Kier molecular flexibility index (Phi) is 6.12. The first-order valence-corrected chi connectivity index (χ1v) is 8.59. The quantitative estimate of drug-likeness (QED) is 0.849. The minimum Gasteiger partial charge on any atom is -0.350 e. The maximum Gasteiger partial charge on any atom is 0.220 e. The monoisotopic (exact) mass is 328 g/mol. The highest BCUT2D eigenvalue weighted by Gasteiger charge is 2.13. The summed E-state index contributed by atoms with van der Waals surface area (Å²) < 4.78 is 2.06. The molecular formula is C19H28N4O. The molecule has 0 atom stereocenters. The van der Waals surface area contributed by atoms with E-state index in [-0.39, 0.29) is 5.91 Å². The fourth-order valence-electron chi connectivity index (χ4n) is 2.83. The largest absolute Gasteiger partial charge is 0.350 e. The van der Waals surface area contributed by atoms with Crippen LogP contribution in [-0.2, 0) is 24.3 Å². The normalized spacial score (nSPS) is 11.1. The van der Waals surface area contributed by atoms with Crippen molar-refractivity contribution in [2.75, 3.05) is 0 Å². The second kappa shape index (κ2) is 8.08. The molecule has 2 aromatic rings. The summed E-state index contributed by atoms with van der Waals surface area (Å²) in [6.45, 7) is 11.8. The standard InChI is InChI=1S/C19H28N4O/c1-13(2)12-23-16(5)18(15(4)22-23)9-10-19(24)20-11-17-8-6-7-14(3)21-17/h6-8,13H,9-12H2,1-5H3,(H,20,24). The van der Waals surface area contributed by atoms with Crippen LogP contribution in [-0.4, -0.2) is 20.7 Å². The Morgan fingerprint density at radius 3 is 2.67 bits per heavy atom. The molecule has 0 saturated carbocycles. The van der Waals surface area contributed by atoms with Crippen molar-refractivity contribution in [2.45, 2.75) is 60.5 Å². The van der Waals surface area contributed by atoms with Gasteiger partial charge in [0, 0.05) is 24.4 Å². The van der Waals surface area contributed by atoms with E-state index in [4.69, 9.17) is 0 Å². The lowest BCUT2D eigenvalue weighted by Crippen LogP contribution is -2.23. The van der Waals surface area contributed by atoms with Gasteiger partial charge in [-0.1, -0.05) is 19.9 Å². The summed E-state index contributed by atoms with van der Waals surface area (Å²) in [7, 11) is 0. The highest BCUT2D eigenvalue weighted by Crippen LogP contribution is 2.16. The van der Waals surface area contributed by atoms with Gasteiger partial charge in [0.05, 0.1) is 17.9 Å². The number of aryl methyl sites for hydroxylation is 2. The van der Waals surface area contributed by atoms with Crippen LogP contribution in [0.2, 0.25) is 0 Å². The Hall–Kier alpha value is -2.17. The molecule has 2 aromatic heterocycles. The van der Waals surface area contributed by atoms with E-state index in [1.165, 1.54) is 11.3 Å². The molecule has 0 aliphatic carbocycles. The molecule has 0 aliphatic rings. The third-order valence-electron chi connectivity index (χ3n) is 4.08. The predicted molar refractivity (Wildman–Crippen MR) is 95.7 cm³/mol. The SMILES string of the molecule is Cc1cccc(CNC(=O)CCc2c(C)nn(CC(C)C)c2C)n1. The van der Waals surface area contributed by atoms with Crippen LogP contribution in [0.3, 0.4) is 0 Å². The van der Waals surface area contributed by atoms with Crippen LogP contribution in [0.5, 0.6) is 0 Å². The molecule has 0 spiro atoms. The van der Waals surface area contributed by atoms with E-state index in [0.717, 1.165) is 30.0 Å². The topological polar surface area (TPSA) is 59.8 Å². The lowest BCUT2D eigenvalue weighted by Gasteiger charge is -2.08. The number of hydrogen-bond donors (Lipinski definition) is 1. The van der Waals surface area contributed by atoms with Gasteiger partial charge in [-0.2, -0.15) is 5.10 Å². The summed E-state index contributed by atoms with van der Waals surface area (Å²) >= 11 is 0. The third-order valence-corrected chi connectivity index (χ3v) is 4.08. The second-order valence-electron chi connectivity index (χ2n) is 6.77. The zero-order chi connectivity index (χ0) is 17.7. The summed E-state index contributed by atoms with van der Waals surface area (Å²) in [5.41, 5.74) is 5.25. The molecule has 0 radical (unpaired) electrons. The molecule has 2 heterocycles. The van der Waals surface area contributed by atoms with Crippen molar-refractivity contribution in [3.05, 3.63) is 46.5 Å². The number of nitrogens with one attached hydrogen (secondary N) is 1. The summed E-state index contributed by atoms with van der Waals surface area (Å²) in [6.07, 6.45) is 1.20. The molecule has 0 unspecified atom stereocenters. The molecule has 1 N–H and O–H groups in total. The molecule has 130 valence electrons. The minimum absolute atomic E-state index is 0.0497. The molecule has 0 bridgehead atoms. The smallest absolute Gasteiger partial charge is 0.220 e. The van der Waals surface area contributed by atoms with E-state index < -0.39 is 0 Å². The van der Waals surface area contributed by atoms with E-state index in [9.17, 15) is 4.79 Å². The van der Waals surface area contributed by atoms with Gasteiger partial charge in [0.2, 0.25) is 5.91 Å². The maximum absolute atomic E-state index is 12.1. The summed E-state index contributed by atoms with van der Waals surface area (Å²) in [5.74, 6) is 0.606. The third kappa shape index (κ3) is 4.91. The summed E-state index contributed by atoms with van der Waals surface area (Å²) in [4.78, 5) is 16.5. The number of hydrogen-bond acceptors (Lipinski definition) is 3. The number of pyridine rings is 1. The molecule has 5 nitrogen and oxygen atoms in total. The fourth-order valence-corrected chi connectivity index (χ4v) is 2.83. The number of carbonyl (C=O) groups is 1. The number of nitrogens with zero attached hydrogens (tertiary/aromatic N) is 3. The van der Waals surface area contributed by atoms with Crippen LogP contribution in [0.4, 0.5) is 0 Å². The van der Waals surface area contributed by atoms with Crippen molar-refractivity contribution in [1.29, 1.82) is 0 Å². The zero-order valence-corrected chi connectivity index (χ0v) is 15.4. The molecule has 0 saturated heterocycles. The average Bonchev–Trinajstić information content (AvgIpc) is 2.77. The van der Waals surface area contributed by atoms with Gasteiger partial charge in [0.25, 0.3) is 0 Å². The van der Waals surface area contributed by atoms with Crippen molar-refractivity contribution < 1.29 is 4.79 Å². The highest BCUT2D eigenvalue weighted by atomic mass is 16.1. The van der Waals surface area contributed by atoms with E-state index in [1.54, 1.807) is 0 Å². The number of rotatable bonds is 7. The molecule has 0 aromatic carbocycles. The van der Waals surface area contributed by atoms with E-state index >= 15 is 0 Å². The molecule has 24 heavy (non-hydrogen) atoms. The van der Waals surface area contributed by atoms with Gasteiger partial charge >= 0.3 is 0 Å². The number of amides is 1. The second-order valence-corrected chi connectivity index (χ2v) is 6.77. The van der Waals surface area contributed by atoms with Gasteiger partial charge in [-0.05, 0) is 50.8 Å². The first-order valence-electron chi connectivity index (χ1n) is 8.59. The lowest BCUT2D eigenvalue weighted by molar-refractivity contribution is -0.121. The van der Waals surface area contributed by atoms with Crippen LogP contribution in [0, 0.1) is 26.7 Å². The Balaban J connectivity index is 1.88. The number of aromatic nitrogens is 3. The molecule has 0 aliphatic heterocycles. The molecule has 5 heteroatoms. The van der Waals surface area contributed by atoms with Crippen LogP contribution in [0.15, 0.2) is 18.2 Å². The first kappa shape index (κ1) is 18.2. The Labute approximate surface area is 144 Å². The van der Waals surface area contributed by atoms with Gasteiger partial charge in [0.15, 0.2) is 0 Å². The Bertz CT molecular complexity index is 703. The summed E-state index contributed by atoms with van der Waals surface area (Å²) in [6, 6.07) is 5.84. The molecule has 0 fully saturated rings. The van der Waals surface area contributed by atoms with E-state index in [0.29, 0.717) is 18.9 Å². The van der Waals surface area contributed by atoms with Crippen LogP contribution in [0.1, 0.15) is 48.6 Å². The van der Waals surface area contributed by atoms with Gasteiger partial charge in [-0.25, -0.2) is 0 Å². The van der Waals surface area contributed by atoms with Gasteiger partial charge in [0.1, 0.15) is 0 Å². The predicted octanol–water partition coefficient (Wildman–Crippen LogP) is 3.11. The van der Waals surface area contributed by atoms with E-state index in [1.807, 2.05) is 32.0 Å². The van der Waals surface area contributed by atoms with Crippen LogP contribution < -0.4 is 5.32 Å².